The van der Waals surface area contributed by atoms with Crippen LogP contribution in [-0.4, -0.2) is 30.8 Å². The summed E-state index contributed by atoms with van der Waals surface area (Å²) in [6.07, 6.45) is 0. The first-order valence-corrected chi connectivity index (χ1v) is 9.13. The molecule has 0 aliphatic carbocycles. The van der Waals surface area contributed by atoms with E-state index in [-0.39, 0.29) is 11.3 Å². The third kappa shape index (κ3) is 4.26. The number of para-hydroxylation sites is 2. The molecule has 3 amide bonds. The lowest BCUT2D eigenvalue weighted by molar-refractivity contribution is -0.113. The van der Waals surface area contributed by atoms with Gasteiger partial charge in [0.2, 0.25) is 0 Å². The van der Waals surface area contributed by atoms with Crippen LogP contribution in [0.25, 0.3) is 0 Å². The van der Waals surface area contributed by atoms with Gasteiger partial charge < -0.3 is 30.5 Å². The molecule has 1 aliphatic rings. The number of rotatable bonds is 6. The van der Waals surface area contributed by atoms with Crippen LogP contribution in [0.1, 0.15) is 25.5 Å². The highest BCUT2D eigenvalue weighted by Crippen LogP contribution is 2.35. The Hall–Kier alpha value is -3.68. The van der Waals surface area contributed by atoms with Crippen molar-refractivity contribution in [3.8, 4) is 17.2 Å². The fourth-order valence-corrected chi connectivity index (χ4v) is 3.19. The van der Waals surface area contributed by atoms with E-state index in [1.165, 1.54) is 13.2 Å². The Morgan fingerprint density at radius 1 is 1.24 bits per heavy atom. The van der Waals surface area contributed by atoms with Crippen molar-refractivity contribution in [1.29, 1.82) is 0 Å². The molecule has 2 aromatic carbocycles. The van der Waals surface area contributed by atoms with Crippen LogP contribution in [0.4, 0.5) is 10.5 Å². The fourth-order valence-electron chi connectivity index (χ4n) is 3.19. The molecule has 152 valence electrons. The van der Waals surface area contributed by atoms with Crippen molar-refractivity contribution in [2.75, 3.05) is 19.0 Å². The Morgan fingerprint density at radius 3 is 2.69 bits per heavy atom. The van der Waals surface area contributed by atoms with Crippen molar-refractivity contribution in [2.45, 2.75) is 19.9 Å². The smallest absolute Gasteiger partial charge is 0.319 e. The highest BCUT2D eigenvalue weighted by molar-refractivity contribution is 6.07. The van der Waals surface area contributed by atoms with Gasteiger partial charge in [0.05, 0.1) is 31.0 Å². The Morgan fingerprint density at radius 2 is 2.00 bits per heavy atom. The number of carbonyl (C=O) groups excluding carboxylic acids is 2. The molecule has 0 saturated carbocycles. The molecule has 4 N–H and O–H groups in total. The predicted molar refractivity (Wildman–Crippen MR) is 108 cm³/mol. The summed E-state index contributed by atoms with van der Waals surface area (Å²) in [4.78, 5) is 25.1. The van der Waals surface area contributed by atoms with Crippen molar-refractivity contribution in [2.24, 2.45) is 0 Å². The molecule has 29 heavy (non-hydrogen) atoms. The molecule has 3 rings (SSSR count). The zero-order valence-electron chi connectivity index (χ0n) is 16.4. The van der Waals surface area contributed by atoms with Gasteiger partial charge in [0.25, 0.3) is 5.91 Å². The van der Waals surface area contributed by atoms with Gasteiger partial charge in [0, 0.05) is 17.3 Å². The molecular weight excluding hydrogens is 374 g/mol. The SMILES string of the molecule is CCOc1ccc(C2NC(=O)NC(C)=C2C(=O)Nc2ccccc2OC)c(O)c1. The molecule has 0 bridgehead atoms. The topological polar surface area (TPSA) is 109 Å². The molecule has 1 atom stereocenters. The normalized spacial score (nSPS) is 16.0. The van der Waals surface area contributed by atoms with E-state index in [2.05, 4.69) is 16.0 Å². The minimum absolute atomic E-state index is 0.0847. The summed E-state index contributed by atoms with van der Waals surface area (Å²) in [6.45, 7) is 3.92. The first kappa shape index (κ1) is 20.1. The molecule has 0 aromatic heterocycles. The minimum Gasteiger partial charge on any atom is -0.507 e. The number of phenolic OH excluding ortho intramolecular Hbond substituents is 1. The summed E-state index contributed by atoms with van der Waals surface area (Å²) in [5, 5.41) is 18.6. The molecule has 8 heteroatoms. The molecule has 1 heterocycles. The molecule has 1 unspecified atom stereocenters. The highest BCUT2D eigenvalue weighted by atomic mass is 16.5. The number of carbonyl (C=O) groups is 2. The van der Waals surface area contributed by atoms with Gasteiger partial charge in [-0.1, -0.05) is 12.1 Å². The number of aromatic hydroxyl groups is 1. The first-order valence-electron chi connectivity index (χ1n) is 9.13. The Balaban J connectivity index is 1.97. The summed E-state index contributed by atoms with van der Waals surface area (Å²) in [7, 11) is 1.51. The zero-order chi connectivity index (χ0) is 21.0. The second kappa shape index (κ2) is 8.55. The maximum absolute atomic E-state index is 13.1. The third-order valence-electron chi connectivity index (χ3n) is 4.49. The van der Waals surface area contributed by atoms with Crippen LogP contribution in [-0.2, 0) is 4.79 Å². The molecule has 0 saturated heterocycles. The number of allylic oxidation sites excluding steroid dienone is 1. The average molecular weight is 397 g/mol. The first-order chi connectivity index (χ1) is 13.9. The van der Waals surface area contributed by atoms with E-state index >= 15 is 0 Å². The lowest BCUT2D eigenvalue weighted by Gasteiger charge is -2.29. The van der Waals surface area contributed by atoms with Gasteiger partial charge in [-0.15, -0.1) is 0 Å². The summed E-state index contributed by atoms with van der Waals surface area (Å²) >= 11 is 0. The molecule has 0 fully saturated rings. The maximum Gasteiger partial charge on any atom is 0.319 e. The van der Waals surface area contributed by atoms with Crippen molar-refractivity contribution < 1.29 is 24.2 Å². The fraction of sp³-hybridized carbons (Fsp3) is 0.238. The lowest BCUT2D eigenvalue weighted by Crippen LogP contribution is -2.46. The largest absolute Gasteiger partial charge is 0.507 e. The molecule has 8 nitrogen and oxygen atoms in total. The summed E-state index contributed by atoms with van der Waals surface area (Å²) in [5.41, 5.74) is 1.54. The lowest BCUT2D eigenvalue weighted by atomic mass is 9.94. The number of hydrogen-bond acceptors (Lipinski definition) is 5. The maximum atomic E-state index is 13.1. The van der Waals surface area contributed by atoms with E-state index in [0.29, 0.717) is 35.1 Å². The van der Waals surface area contributed by atoms with Gasteiger partial charge >= 0.3 is 6.03 Å². The van der Waals surface area contributed by atoms with Crippen LogP contribution in [0, 0.1) is 0 Å². The Kier molecular flexibility index (Phi) is 5.92. The number of phenols is 1. The summed E-state index contributed by atoms with van der Waals surface area (Å²) < 4.78 is 10.7. The number of benzene rings is 2. The molecule has 2 aromatic rings. The standard InChI is InChI=1S/C21H23N3O5/c1-4-29-13-9-10-14(16(25)11-13)19-18(12(2)22-21(27)24-19)20(26)23-15-7-5-6-8-17(15)28-3/h5-11,19,25H,4H2,1-3H3,(H,23,26)(H2,22,24,27). The van der Waals surface area contributed by atoms with E-state index in [4.69, 9.17) is 9.47 Å². The zero-order valence-corrected chi connectivity index (χ0v) is 16.4. The van der Waals surface area contributed by atoms with Crippen molar-refractivity contribution in [3.63, 3.8) is 0 Å². The number of amides is 3. The monoisotopic (exact) mass is 397 g/mol. The van der Waals surface area contributed by atoms with Crippen LogP contribution < -0.4 is 25.4 Å². The number of nitrogens with one attached hydrogen (secondary N) is 3. The molecule has 1 aliphatic heterocycles. The van der Waals surface area contributed by atoms with E-state index in [1.807, 2.05) is 6.92 Å². The van der Waals surface area contributed by atoms with E-state index < -0.39 is 18.0 Å². The number of methoxy groups -OCH3 is 1. The quantitative estimate of drug-likeness (QED) is 0.599. The van der Waals surface area contributed by atoms with Gasteiger partial charge in [-0.25, -0.2) is 4.79 Å². The highest BCUT2D eigenvalue weighted by Gasteiger charge is 2.33. The molecular formula is C21H23N3O5. The van der Waals surface area contributed by atoms with Gasteiger partial charge in [0.15, 0.2) is 0 Å². The number of urea groups is 1. The second-order valence-corrected chi connectivity index (χ2v) is 6.38. The van der Waals surface area contributed by atoms with Crippen LogP contribution in [0.3, 0.4) is 0 Å². The van der Waals surface area contributed by atoms with Gasteiger partial charge in [-0.2, -0.15) is 0 Å². The van der Waals surface area contributed by atoms with Gasteiger partial charge in [0.1, 0.15) is 17.2 Å². The average Bonchev–Trinajstić information content (AvgIpc) is 2.68. The van der Waals surface area contributed by atoms with E-state index in [1.54, 1.807) is 43.3 Å². The van der Waals surface area contributed by atoms with Crippen molar-refractivity contribution >= 4 is 17.6 Å². The summed E-state index contributed by atoms with van der Waals surface area (Å²) in [6, 6.07) is 10.5. The van der Waals surface area contributed by atoms with Crippen molar-refractivity contribution in [3.05, 3.63) is 59.3 Å². The van der Waals surface area contributed by atoms with Crippen LogP contribution in [0.5, 0.6) is 17.2 Å². The van der Waals surface area contributed by atoms with E-state index in [0.717, 1.165) is 0 Å². The number of ether oxygens (including phenoxy) is 2. The second-order valence-electron chi connectivity index (χ2n) is 6.38. The minimum atomic E-state index is -0.839. The third-order valence-corrected chi connectivity index (χ3v) is 4.49. The molecule has 0 spiro atoms. The van der Waals surface area contributed by atoms with Crippen LogP contribution >= 0.6 is 0 Å². The van der Waals surface area contributed by atoms with E-state index in [9.17, 15) is 14.7 Å². The number of anilines is 1. The number of hydrogen-bond donors (Lipinski definition) is 4. The predicted octanol–water partition coefficient (Wildman–Crippen LogP) is 3.07. The van der Waals surface area contributed by atoms with Gasteiger partial charge in [-0.3, -0.25) is 4.79 Å². The van der Waals surface area contributed by atoms with Crippen molar-refractivity contribution in [1.82, 2.24) is 10.6 Å². The summed E-state index contributed by atoms with van der Waals surface area (Å²) in [5.74, 6) is 0.485. The van der Waals surface area contributed by atoms with Crippen LogP contribution in [0.2, 0.25) is 0 Å². The van der Waals surface area contributed by atoms with Crippen LogP contribution in [0.15, 0.2) is 53.7 Å². The van der Waals surface area contributed by atoms with Gasteiger partial charge in [-0.05, 0) is 38.1 Å². The Bertz CT molecular complexity index is 971. The Labute approximate surface area is 168 Å². The molecule has 0 radical (unpaired) electrons.